The molecule has 3 aromatic heterocycles. The van der Waals surface area contributed by atoms with E-state index >= 15 is 0 Å². The quantitative estimate of drug-likeness (QED) is 0.448. The lowest BCUT2D eigenvalue weighted by molar-refractivity contribution is 0.171. The van der Waals surface area contributed by atoms with E-state index in [1.54, 1.807) is 11.3 Å². The third kappa shape index (κ3) is 2.36. The molecule has 0 spiro atoms. The minimum Gasteiger partial charge on any atom is -0.486 e. The Kier molecular flexibility index (Phi) is 3.36. The largest absolute Gasteiger partial charge is 0.486 e. The molecule has 6 rings (SSSR count). The number of para-hydroxylation sites is 2. The summed E-state index contributed by atoms with van der Waals surface area (Å²) in [5, 5.41) is 2.04. The Bertz CT molecular complexity index is 1330. The van der Waals surface area contributed by atoms with Gasteiger partial charge in [0.1, 0.15) is 13.2 Å². The highest BCUT2D eigenvalue weighted by Crippen LogP contribution is 2.36. The zero-order chi connectivity index (χ0) is 18.5. The Morgan fingerprint density at radius 3 is 2.46 bits per heavy atom. The molecule has 1 aliphatic heterocycles. The second-order valence-corrected chi connectivity index (χ2v) is 7.38. The highest BCUT2D eigenvalue weighted by atomic mass is 32.1. The first-order valence-electron chi connectivity index (χ1n) is 8.96. The Hall–Kier alpha value is -3.45. The first-order chi connectivity index (χ1) is 13.9. The molecule has 0 unspecified atom stereocenters. The van der Waals surface area contributed by atoms with Crippen molar-refractivity contribution < 1.29 is 9.47 Å². The van der Waals surface area contributed by atoms with Crippen LogP contribution in [0.2, 0.25) is 0 Å². The van der Waals surface area contributed by atoms with Gasteiger partial charge in [-0.25, -0.2) is 15.0 Å². The Labute approximate surface area is 164 Å². The van der Waals surface area contributed by atoms with Crippen molar-refractivity contribution in [2.75, 3.05) is 13.2 Å². The molecule has 0 aliphatic carbocycles. The molecule has 136 valence electrons. The second-order valence-electron chi connectivity index (χ2n) is 6.44. The highest BCUT2D eigenvalue weighted by molar-refractivity contribution is 7.13. The van der Waals surface area contributed by atoms with Crippen molar-refractivity contribution in [1.29, 1.82) is 0 Å². The SMILES string of the molecule is c1csc(-c2nc3nc4ccccc4nc3n2-c2ccc3c(c2)OCCO3)c1. The fourth-order valence-corrected chi connectivity index (χ4v) is 4.15. The maximum atomic E-state index is 5.78. The summed E-state index contributed by atoms with van der Waals surface area (Å²) in [5.74, 6) is 2.31. The number of aromatic nitrogens is 4. The molecule has 6 nitrogen and oxygen atoms in total. The molecule has 28 heavy (non-hydrogen) atoms. The molecule has 0 atom stereocenters. The molecule has 0 N–H and O–H groups in total. The Morgan fingerprint density at radius 1 is 0.821 bits per heavy atom. The molecule has 1 aliphatic rings. The van der Waals surface area contributed by atoms with Gasteiger partial charge < -0.3 is 9.47 Å². The predicted molar refractivity (Wildman–Crippen MR) is 108 cm³/mol. The van der Waals surface area contributed by atoms with E-state index in [2.05, 4.69) is 6.07 Å². The van der Waals surface area contributed by atoms with Crippen molar-refractivity contribution in [3.8, 4) is 27.9 Å². The van der Waals surface area contributed by atoms with E-state index in [9.17, 15) is 0 Å². The van der Waals surface area contributed by atoms with Crippen molar-refractivity contribution in [2.24, 2.45) is 0 Å². The van der Waals surface area contributed by atoms with Crippen LogP contribution in [0.1, 0.15) is 0 Å². The van der Waals surface area contributed by atoms with Crippen molar-refractivity contribution in [3.05, 3.63) is 60.0 Å². The minimum atomic E-state index is 0.545. The molecule has 5 aromatic rings. The Morgan fingerprint density at radius 2 is 1.64 bits per heavy atom. The van der Waals surface area contributed by atoms with Gasteiger partial charge in [-0.1, -0.05) is 18.2 Å². The smallest absolute Gasteiger partial charge is 0.199 e. The number of rotatable bonds is 2. The zero-order valence-corrected chi connectivity index (χ0v) is 15.5. The molecule has 2 aromatic carbocycles. The number of hydrogen-bond acceptors (Lipinski definition) is 6. The fourth-order valence-electron chi connectivity index (χ4n) is 3.44. The van der Waals surface area contributed by atoms with Crippen LogP contribution in [0.3, 0.4) is 0 Å². The number of thiophene rings is 1. The number of benzene rings is 2. The first kappa shape index (κ1) is 15.6. The van der Waals surface area contributed by atoms with Gasteiger partial charge in [0.2, 0.25) is 0 Å². The summed E-state index contributed by atoms with van der Waals surface area (Å²) in [4.78, 5) is 15.5. The molecule has 0 radical (unpaired) electrons. The van der Waals surface area contributed by atoms with Crippen LogP contribution in [0.25, 0.3) is 38.7 Å². The maximum absolute atomic E-state index is 5.78. The minimum absolute atomic E-state index is 0.545. The van der Waals surface area contributed by atoms with Gasteiger partial charge in [0, 0.05) is 6.07 Å². The van der Waals surface area contributed by atoms with E-state index in [1.165, 1.54) is 0 Å². The fraction of sp³-hybridized carbons (Fsp3) is 0.0952. The maximum Gasteiger partial charge on any atom is 0.199 e. The highest BCUT2D eigenvalue weighted by Gasteiger charge is 2.20. The van der Waals surface area contributed by atoms with Gasteiger partial charge in [0.15, 0.2) is 28.6 Å². The van der Waals surface area contributed by atoms with Crippen LogP contribution in [0.5, 0.6) is 11.5 Å². The van der Waals surface area contributed by atoms with Crippen LogP contribution in [0.15, 0.2) is 60.0 Å². The lowest BCUT2D eigenvalue weighted by Gasteiger charge is -2.19. The summed E-state index contributed by atoms with van der Waals surface area (Å²) >= 11 is 1.64. The summed E-state index contributed by atoms with van der Waals surface area (Å²) in [6.07, 6.45) is 0. The second kappa shape index (κ2) is 6.03. The van der Waals surface area contributed by atoms with Gasteiger partial charge in [0.25, 0.3) is 0 Å². The third-order valence-corrected chi connectivity index (χ3v) is 5.56. The van der Waals surface area contributed by atoms with E-state index in [0.717, 1.165) is 44.6 Å². The normalized spacial score (nSPS) is 13.3. The average molecular weight is 386 g/mol. The number of imidazole rings is 1. The third-order valence-electron chi connectivity index (χ3n) is 4.70. The van der Waals surface area contributed by atoms with Crippen LogP contribution in [0.4, 0.5) is 0 Å². The topological polar surface area (TPSA) is 62.1 Å². The van der Waals surface area contributed by atoms with E-state index in [0.29, 0.717) is 18.9 Å². The molecule has 4 heterocycles. The van der Waals surface area contributed by atoms with Crippen LogP contribution in [-0.2, 0) is 0 Å². The standard InChI is InChI=1S/C21H14N4O2S/c1-2-5-15-14(4-1)22-19-21(23-15)25(20(24-19)18-6-3-11-28-18)13-7-8-16-17(12-13)27-10-9-26-16/h1-8,11-12H,9-10H2. The number of hydrogen-bond donors (Lipinski definition) is 0. The van der Waals surface area contributed by atoms with Crippen molar-refractivity contribution in [2.45, 2.75) is 0 Å². The molecule has 0 bridgehead atoms. The molecule has 0 saturated heterocycles. The van der Waals surface area contributed by atoms with E-state index in [1.807, 2.05) is 58.5 Å². The molecule has 0 amide bonds. The average Bonchev–Trinajstić information content (AvgIpc) is 3.39. The lowest BCUT2D eigenvalue weighted by atomic mass is 10.2. The van der Waals surface area contributed by atoms with Gasteiger partial charge in [-0.15, -0.1) is 11.3 Å². The summed E-state index contributed by atoms with van der Waals surface area (Å²) in [7, 11) is 0. The van der Waals surface area contributed by atoms with Gasteiger partial charge in [-0.3, -0.25) is 4.57 Å². The zero-order valence-electron chi connectivity index (χ0n) is 14.7. The van der Waals surface area contributed by atoms with Crippen molar-refractivity contribution >= 4 is 33.7 Å². The summed E-state index contributed by atoms with van der Waals surface area (Å²) in [6.45, 7) is 1.11. The van der Waals surface area contributed by atoms with Crippen molar-refractivity contribution in [3.63, 3.8) is 0 Å². The van der Waals surface area contributed by atoms with Gasteiger partial charge in [-0.05, 0) is 35.7 Å². The van der Waals surface area contributed by atoms with E-state index < -0.39 is 0 Å². The first-order valence-corrected chi connectivity index (χ1v) is 9.84. The summed E-state index contributed by atoms with van der Waals surface area (Å²) in [5.41, 5.74) is 3.93. The summed E-state index contributed by atoms with van der Waals surface area (Å²) in [6, 6.07) is 17.8. The predicted octanol–water partition coefficient (Wildman–Crippen LogP) is 4.47. The monoisotopic (exact) mass is 386 g/mol. The molecule has 0 saturated carbocycles. The van der Waals surface area contributed by atoms with Gasteiger partial charge in [0.05, 0.1) is 21.6 Å². The molecular formula is C21H14N4O2S. The van der Waals surface area contributed by atoms with E-state index in [4.69, 9.17) is 24.4 Å². The molecule has 0 fully saturated rings. The van der Waals surface area contributed by atoms with Crippen LogP contribution >= 0.6 is 11.3 Å². The summed E-state index contributed by atoms with van der Waals surface area (Å²) < 4.78 is 13.5. The Balaban J connectivity index is 1.67. The lowest BCUT2D eigenvalue weighted by Crippen LogP contribution is -2.15. The number of nitrogens with zero attached hydrogens (tertiary/aromatic N) is 4. The van der Waals surface area contributed by atoms with Crippen molar-refractivity contribution in [1.82, 2.24) is 19.5 Å². The van der Waals surface area contributed by atoms with E-state index in [-0.39, 0.29) is 0 Å². The molecular weight excluding hydrogens is 372 g/mol. The van der Waals surface area contributed by atoms with Crippen LogP contribution in [-0.4, -0.2) is 32.7 Å². The van der Waals surface area contributed by atoms with Crippen LogP contribution < -0.4 is 9.47 Å². The van der Waals surface area contributed by atoms with Gasteiger partial charge >= 0.3 is 0 Å². The van der Waals surface area contributed by atoms with Crippen LogP contribution in [0, 0.1) is 0 Å². The number of fused-ring (bicyclic) bond motifs is 3. The number of ether oxygens (including phenoxy) is 2. The van der Waals surface area contributed by atoms with Gasteiger partial charge in [-0.2, -0.15) is 0 Å². The molecule has 7 heteroatoms.